The predicted molar refractivity (Wildman–Crippen MR) is 93.0 cm³/mol. The number of carboxylic acids is 1. The molecule has 11 heteroatoms. The van der Waals surface area contributed by atoms with Gasteiger partial charge in [-0.3, -0.25) is 15.3 Å². The van der Waals surface area contributed by atoms with E-state index in [0.29, 0.717) is 6.42 Å². The molecule has 27 heavy (non-hydrogen) atoms. The zero-order chi connectivity index (χ0) is 19.6. The van der Waals surface area contributed by atoms with Gasteiger partial charge in [0.05, 0.1) is 12.7 Å². The molecule has 0 aliphatic heterocycles. The molecule has 4 N–H and O–H groups in total. The maximum absolute atomic E-state index is 12.5. The van der Waals surface area contributed by atoms with Gasteiger partial charge in [-0.2, -0.15) is 5.10 Å². The Labute approximate surface area is 154 Å². The number of carbonyl (C=O) groups excluding carboxylic acids is 1. The highest BCUT2D eigenvalue weighted by atomic mass is 32.2. The van der Waals surface area contributed by atoms with Crippen molar-refractivity contribution >= 4 is 21.9 Å². The number of fused-ring (bicyclic) bond motifs is 1. The van der Waals surface area contributed by atoms with Gasteiger partial charge in [-0.25, -0.2) is 13.2 Å². The number of aromatic amines is 1. The van der Waals surface area contributed by atoms with E-state index in [1.807, 2.05) is 4.83 Å². The highest BCUT2D eigenvalue weighted by molar-refractivity contribution is 7.89. The number of nitrogens with zero attached hydrogens (tertiary/aromatic N) is 1. The number of amides is 1. The number of hydrazine groups is 1. The van der Waals surface area contributed by atoms with Crippen LogP contribution in [0.3, 0.4) is 0 Å². The summed E-state index contributed by atoms with van der Waals surface area (Å²) in [5.41, 5.74) is 3.68. The van der Waals surface area contributed by atoms with Crippen molar-refractivity contribution in [2.24, 2.45) is 0 Å². The fraction of sp³-hybridized carbons (Fsp3) is 0.312. The third-order valence-electron chi connectivity index (χ3n) is 4.27. The summed E-state index contributed by atoms with van der Waals surface area (Å²) in [4.78, 5) is 25.0. The number of hydrogen-bond acceptors (Lipinski definition) is 6. The van der Waals surface area contributed by atoms with Crippen molar-refractivity contribution in [1.82, 2.24) is 20.5 Å². The number of aromatic nitrogens is 2. The van der Waals surface area contributed by atoms with E-state index in [4.69, 9.17) is 9.84 Å². The Balaban J connectivity index is 1.81. The molecule has 0 atom stereocenters. The van der Waals surface area contributed by atoms with Gasteiger partial charge in [0.25, 0.3) is 15.9 Å². The monoisotopic (exact) mass is 394 g/mol. The van der Waals surface area contributed by atoms with Crippen molar-refractivity contribution in [3.63, 3.8) is 0 Å². The van der Waals surface area contributed by atoms with E-state index < -0.39 is 26.8 Å². The first-order valence-corrected chi connectivity index (χ1v) is 9.61. The van der Waals surface area contributed by atoms with Crippen LogP contribution in [0, 0.1) is 0 Å². The first-order valence-electron chi connectivity index (χ1n) is 8.13. The number of sulfonamides is 1. The van der Waals surface area contributed by atoms with E-state index in [1.54, 1.807) is 0 Å². The maximum atomic E-state index is 12.5. The highest BCUT2D eigenvalue weighted by Gasteiger charge is 2.25. The van der Waals surface area contributed by atoms with Crippen LogP contribution in [-0.2, 0) is 22.9 Å². The van der Waals surface area contributed by atoms with E-state index in [-0.39, 0.29) is 17.0 Å². The summed E-state index contributed by atoms with van der Waals surface area (Å²) < 4.78 is 30.0. The van der Waals surface area contributed by atoms with Gasteiger partial charge in [0.1, 0.15) is 10.6 Å². The van der Waals surface area contributed by atoms with Crippen molar-refractivity contribution in [2.75, 3.05) is 7.11 Å². The Bertz CT molecular complexity index is 998. The van der Waals surface area contributed by atoms with Gasteiger partial charge in [-0.05, 0) is 43.9 Å². The Morgan fingerprint density at radius 1 is 1.26 bits per heavy atom. The lowest BCUT2D eigenvalue weighted by atomic mass is 9.96. The van der Waals surface area contributed by atoms with Crippen LogP contribution in [0.2, 0.25) is 0 Å². The van der Waals surface area contributed by atoms with Gasteiger partial charge >= 0.3 is 5.97 Å². The maximum Gasteiger partial charge on any atom is 0.335 e. The Hall–Kier alpha value is -2.92. The standard InChI is InChI=1S/C16H18N4O6S/c1-26-12-7-6-9(16(22)23)8-13(12)27(24,25)20-19-15(21)14-10-4-2-3-5-11(10)17-18-14/h6-8,20H,2-5H2,1H3,(H,17,18)(H,19,21)(H,22,23). The van der Waals surface area contributed by atoms with Crippen LogP contribution in [0.4, 0.5) is 0 Å². The lowest BCUT2D eigenvalue weighted by Gasteiger charge is -2.13. The summed E-state index contributed by atoms with van der Waals surface area (Å²) >= 11 is 0. The third-order valence-corrected chi connectivity index (χ3v) is 5.54. The zero-order valence-electron chi connectivity index (χ0n) is 14.4. The SMILES string of the molecule is COc1ccc(C(=O)O)cc1S(=O)(=O)NNC(=O)c1n[nH]c2c1CCCC2. The Morgan fingerprint density at radius 3 is 2.70 bits per heavy atom. The molecule has 1 heterocycles. The fourth-order valence-electron chi connectivity index (χ4n) is 2.92. The normalized spacial score (nSPS) is 13.7. The minimum absolute atomic E-state index is 0.0566. The molecule has 1 aliphatic rings. The molecular weight excluding hydrogens is 376 g/mol. The van der Waals surface area contributed by atoms with Crippen molar-refractivity contribution in [1.29, 1.82) is 0 Å². The summed E-state index contributed by atoms with van der Waals surface area (Å²) in [5.74, 6) is -2.05. The average molecular weight is 394 g/mol. The third kappa shape index (κ3) is 3.78. The summed E-state index contributed by atoms with van der Waals surface area (Å²) in [5, 5.41) is 15.8. The molecule has 2 aromatic rings. The number of benzene rings is 1. The predicted octanol–water partition coefficient (Wildman–Crippen LogP) is 0.619. The van der Waals surface area contributed by atoms with Gasteiger partial charge in [-0.1, -0.05) is 0 Å². The van der Waals surface area contributed by atoms with Crippen LogP contribution in [0.5, 0.6) is 5.75 Å². The van der Waals surface area contributed by atoms with Crippen molar-refractivity contribution in [3.8, 4) is 5.75 Å². The Kier molecular flexibility index (Phi) is 5.15. The molecule has 0 unspecified atom stereocenters. The average Bonchev–Trinajstić information content (AvgIpc) is 3.09. The Morgan fingerprint density at radius 2 is 2.00 bits per heavy atom. The first kappa shape index (κ1) is 18.9. The number of nitrogens with one attached hydrogen (secondary N) is 3. The number of carboxylic acid groups (broad SMARTS) is 1. The summed E-state index contributed by atoms with van der Waals surface area (Å²) in [6, 6.07) is 3.39. The summed E-state index contributed by atoms with van der Waals surface area (Å²) in [7, 11) is -3.02. The highest BCUT2D eigenvalue weighted by Crippen LogP contribution is 2.25. The molecule has 0 spiro atoms. The number of carbonyl (C=O) groups is 2. The van der Waals surface area contributed by atoms with Gasteiger partial charge in [0.15, 0.2) is 5.69 Å². The molecular formula is C16H18N4O6S. The second kappa shape index (κ2) is 7.37. The number of aryl methyl sites for hydroxylation is 1. The summed E-state index contributed by atoms with van der Waals surface area (Å²) in [6.07, 6.45) is 3.41. The van der Waals surface area contributed by atoms with Crippen LogP contribution < -0.4 is 15.0 Å². The molecule has 0 radical (unpaired) electrons. The molecule has 0 bridgehead atoms. The molecule has 144 valence electrons. The van der Waals surface area contributed by atoms with Gasteiger partial charge in [0.2, 0.25) is 0 Å². The van der Waals surface area contributed by atoms with Gasteiger partial charge in [-0.15, -0.1) is 4.83 Å². The summed E-state index contributed by atoms with van der Waals surface area (Å²) in [6.45, 7) is 0. The molecule has 1 aromatic carbocycles. The molecule has 0 fully saturated rings. The number of methoxy groups -OCH3 is 1. The van der Waals surface area contributed by atoms with E-state index in [0.717, 1.165) is 36.6 Å². The van der Waals surface area contributed by atoms with E-state index >= 15 is 0 Å². The first-order chi connectivity index (χ1) is 12.8. The van der Waals surface area contributed by atoms with Gasteiger partial charge < -0.3 is 9.84 Å². The number of H-pyrrole nitrogens is 1. The van der Waals surface area contributed by atoms with Crippen LogP contribution in [0.1, 0.15) is 44.9 Å². The molecule has 0 saturated carbocycles. The van der Waals surface area contributed by atoms with Crippen LogP contribution in [0.25, 0.3) is 0 Å². The van der Waals surface area contributed by atoms with Crippen LogP contribution >= 0.6 is 0 Å². The van der Waals surface area contributed by atoms with E-state index in [9.17, 15) is 18.0 Å². The number of hydrogen-bond donors (Lipinski definition) is 4. The van der Waals surface area contributed by atoms with E-state index in [2.05, 4.69) is 15.6 Å². The molecule has 3 rings (SSSR count). The van der Waals surface area contributed by atoms with E-state index in [1.165, 1.54) is 19.2 Å². The fourth-order valence-corrected chi connectivity index (χ4v) is 3.95. The molecule has 1 aromatic heterocycles. The second-order valence-corrected chi connectivity index (χ2v) is 7.62. The van der Waals surface area contributed by atoms with Gasteiger partial charge in [0, 0.05) is 11.3 Å². The smallest absolute Gasteiger partial charge is 0.335 e. The largest absolute Gasteiger partial charge is 0.495 e. The van der Waals surface area contributed by atoms with Crippen molar-refractivity contribution in [3.05, 3.63) is 40.7 Å². The number of aromatic carboxylic acids is 1. The molecule has 10 nitrogen and oxygen atoms in total. The second-order valence-electron chi connectivity index (χ2n) is 5.97. The minimum Gasteiger partial charge on any atom is -0.495 e. The van der Waals surface area contributed by atoms with Crippen molar-refractivity contribution in [2.45, 2.75) is 30.6 Å². The minimum atomic E-state index is -4.27. The number of ether oxygens (including phenoxy) is 1. The topological polar surface area (TPSA) is 150 Å². The zero-order valence-corrected chi connectivity index (χ0v) is 15.2. The molecule has 1 aliphatic carbocycles. The lowest BCUT2D eigenvalue weighted by Crippen LogP contribution is -2.42. The molecule has 0 saturated heterocycles. The lowest BCUT2D eigenvalue weighted by molar-refractivity contribution is 0.0696. The van der Waals surface area contributed by atoms with Crippen molar-refractivity contribution < 1.29 is 27.9 Å². The quantitative estimate of drug-likeness (QED) is 0.524. The number of rotatable bonds is 6. The van der Waals surface area contributed by atoms with Crippen LogP contribution in [-0.4, -0.2) is 42.7 Å². The molecule has 1 amide bonds. The van der Waals surface area contributed by atoms with Crippen LogP contribution in [0.15, 0.2) is 23.1 Å².